The number of hydrogen-bond donors (Lipinski definition) is 2. The number of rotatable bonds is 5. The van der Waals surface area contributed by atoms with Gasteiger partial charge in [-0.1, -0.05) is 18.3 Å². The number of nitrogens with one attached hydrogen (secondary N) is 1. The van der Waals surface area contributed by atoms with Gasteiger partial charge in [0.1, 0.15) is 11.3 Å². The van der Waals surface area contributed by atoms with Gasteiger partial charge in [-0.25, -0.2) is 0 Å². The third kappa shape index (κ3) is 3.05. The Kier molecular flexibility index (Phi) is 4.39. The number of aromatic nitrogens is 3. The van der Waals surface area contributed by atoms with Gasteiger partial charge in [-0.05, 0) is 18.4 Å². The lowest BCUT2D eigenvalue weighted by atomic mass is 10.1. The maximum absolute atomic E-state index is 5.81. The van der Waals surface area contributed by atoms with E-state index in [4.69, 9.17) is 18.0 Å². The van der Waals surface area contributed by atoms with Crippen molar-refractivity contribution in [2.75, 3.05) is 11.6 Å². The van der Waals surface area contributed by atoms with Crippen LogP contribution in [-0.2, 0) is 13.6 Å². The summed E-state index contributed by atoms with van der Waals surface area (Å²) < 4.78 is 1.87. The van der Waals surface area contributed by atoms with Gasteiger partial charge in [0.2, 0.25) is 0 Å². The van der Waals surface area contributed by atoms with Crippen LogP contribution >= 0.6 is 24.0 Å². The first-order chi connectivity index (χ1) is 9.13. The molecule has 0 atom stereocenters. The average Bonchev–Trinajstić information content (AvgIpc) is 2.81. The molecule has 5 nitrogen and oxygen atoms in total. The molecule has 0 bridgehead atoms. The van der Waals surface area contributed by atoms with Crippen molar-refractivity contribution in [1.82, 2.24) is 14.8 Å². The Morgan fingerprint density at radius 3 is 2.89 bits per heavy atom. The van der Waals surface area contributed by atoms with Crippen molar-refractivity contribution in [2.24, 2.45) is 12.8 Å². The highest BCUT2D eigenvalue weighted by Crippen LogP contribution is 2.27. The highest BCUT2D eigenvalue weighted by molar-refractivity contribution is 7.98. The van der Waals surface area contributed by atoms with Crippen LogP contribution in [-0.4, -0.2) is 26.0 Å². The molecule has 3 N–H and O–H groups in total. The molecule has 0 unspecified atom stereocenters. The van der Waals surface area contributed by atoms with Crippen molar-refractivity contribution >= 4 is 34.7 Å². The van der Waals surface area contributed by atoms with Crippen molar-refractivity contribution < 1.29 is 0 Å². The van der Waals surface area contributed by atoms with Crippen LogP contribution in [0.5, 0.6) is 0 Å². The van der Waals surface area contributed by atoms with Gasteiger partial charge in [0.05, 0.1) is 6.54 Å². The number of anilines is 1. The van der Waals surface area contributed by atoms with E-state index in [1.165, 1.54) is 0 Å². The van der Waals surface area contributed by atoms with Gasteiger partial charge in [-0.3, -0.25) is 0 Å². The number of thioether (sulfide) groups is 1. The SMILES string of the molecule is CSc1cccc(NCc2nncn2C)c1C(N)=S. The van der Waals surface area contributed by atoms with Crippen LogP contribution in [0.3, 0.4) is 0 Å². The monoisotopic (exact) mass is 293 g/mol. The molecule has 0 aliphatic heterocycles. The number of nitrogens with two attached hydrogens (primary N) is 1. The number of nitrogens with zero attached hydrogens (tertiary/aromatic N) is 3. The smallest absolute Gasteiger partial charge is 0.151 e. The molecule has 0 saturated carbocycles. The summed E-state index contributed by atoms with van der Waals surface area (Å²) in [6.45, 7) is 0.573. The molecule has 7 heteroatoms. The molecular weight excluding hydrogens is 278 g/mol. The first-order valence-electron chi connectivity index (χ1n) is 5.67. The summed E-state index contributed by atoms with van der Waals surface area (Å²) in [5.41, 5.74) is 7.62. The van der Waals surface area contributed by atoms with Crippen LogP contribution in [0.2, 0.25) is 0 Å². The zero-order valence-electron chi connectivity index (χ0n) is 10.8. The maximum atomic E-state index is 5.81. The van der Waals surface area contributed by atoms with E-state index in [2.05, 4.69) is 15.5 Å². The largest absolute Gasteiger partial charge is 0.389 e. The molecule has 1 aromatic heterocycles. The minimum Gasteiger partial charge on any atom is -0.389 e. The summed E-state index contributed by atoms with van der Waals surface area (Å²) in [4.78, 5) is 1.46. The topological polar surface area (TPSA) is 68.8 Å². The van der Waals surface area contributed by atoms with Gasteiger partial charge in [0.15, 0.2) is 5.82 Å². The summed E-state index contributed by atoms with van der Waals surface area (Å²) in [6.07, 6.45) is 3.67. The second-order valence-electron chi connectivity index (χ2n) is 3.96. The fourth-order valence-corrected chi connectivity index (χ4v) is 2.67. The Balaban J connectivity index is 2.25. The third-order valence-corrected chi connectivity index (χ3v) is 3.72. The normalized spacial score (nSPS) is 10.4. The fraction of sp³-hybridized carbons (Fsp3) is 0.250. The minimum atomic E-state index is 0.394. The second-order valence-corrected chi connectivity index (χ2v) is 5.25. The van der Waals surface area contributed by atoms with Gasteiger partial charge in [-0.15, -0.1) is 22.0 Å². The predicted molar refractivity (Wildman–Crippen MR) is 82.4 cm³/mol. The zero-order chi connectivity index (χ0) is 13.8. The summed E-state index contributed by atoms with van der Waals surface area (Å²) in [6, 6.07) is 5.95. The number of aryl methyl sites for hydroxylation is 1. The van der Waals surface area contributed by atoms with Crippen LogP contribution in [0.4, 0.5) is 5.69 Å². The summed E-state index contributed by atoms with van der Waals surface area (Å²) in [5, 5.41) is 11.2. The van der Waals surface area contributed by atoms with E-state index in [-0.39, 0.29) is 0 Å². The van der Waals surface area contributed by atoms with Gasteiger partial charge in [0, 0.05) is 23.2 Å². The summed E-state index contributed by atoms with van der Waals surface area (Å²) in [5.74, 6) is 0.850. The summed E-state index contributed by atoms with van der Waals surface area (Å²) in [7, 11) is 1.91. The molecule has 0 amide bonds. The van der Waals surface area contributed by atoms with E-state index in [9.17, 15) is 0 Å². The van der Waals surface area contributed by atoms with Crippen LogP contribution in [0.25, 0.3) is 0 Å². The van der Waals surface area contributed by atoms with Crippen molar-refractivity contribution in [3.8, 4) is 0 Å². The van der Waals surface area contributed by atoms with E-state index < -0.39 is 0 Å². The molecule has 0 aliphatic rings. The Bertz CT molecular complexity index is 594. The Labute approximate surface area is 121 Å². The van der Waals surface area contributed by atoms with E-state index in [1.807, 2.05) is 36.1 Å². The molecule has 0 radical (unpaired) electrons. The molecule has 2 aromatic rings. The van der Waals surface area contributed by atoms with Gasteiger partial charge < -0.3 is 15.6 Å². The van der Waals surface area contributed by atoms with Crippen LogP contribution < -0.4 is 11.1 Å². The predicted octanol–water partition coefficient (Wildman–Crippen LogP) is 1.78. The lowest BCUT2D eigenvalue weighted by molar-refractivity contribution is 0.812. The van der Waals surface area contributed by atoms with Crippen molar-refractivity contribution in [3.05, 3.63) is 35.9 Å². The molecule has 100 valence electrons. The number of thiocarbonyl (C=S) groups is 1. The van der Waals surface area contributed by atoms with Crippen molar-refractivity contribution in [2.45, 2.75) is 11.4 Å². The maximum Gasteiger partial charge on any atom is 0.151 e. The molecule has 0 aliphatic carbocycles. The van der Waals surface area contributed by atoms with E-state index in [0.717, 1.165) is 22.0 Å². The standard InChI is InChI=1S/C12H15N5S2/c1-17-7-15-16-10(17)6-14-8-4-3-5-9(19-2)11(8)12(13)18/h3-5,7,14H,6H2,1-2H3,(H2,13,18). The molecule has 2 rings (SSSR count). The van der Waals surface area contributed by atoms with Gasteiger partial charge in [-0.2, -0.15) is 0 Å². The minimum absolute atomic E-state index is 0.394. The van der Waals surface area contributed by atoms with E-state index in [0.29, 0.717) is 11.5 Å². The lowest BCUT2D eigenvalue weighted by Crippen LogP contribution is -2.15. The third-order valence-electron chi connectivity index (χ3n) is 2.73. The lowest BCUT2D eigenvalue weighted by Gasteiger charge is -2.13. The number of hydrogen-bond acceptors (Lipinski definition) is 5. The van der Waals surface area contributed by atoms with Crippen LogP contribution in [0, 0.1) is 0 Å². The Morgan fingerprint density at radius 2 is 2.32 bits per heavy atom. The molecular formula is C12H15N5S2. The highest BCUT2D eigenvalue weighted by atomic mass is 32.2. The average molecular weight is 293 g/mol. The Hall–Kier alpha value is -1.60. The van der Waals surface area contributed by atoms with Crippen LogP contribution in [0.15, 0.2) is 29.4 Å². The molecule has 0 saturated heterocycles. The molecule has 0 spiro atoms. The Morgan fingerprint density at radius 1 is 1.53 bits per heavy atom. The quantitative estimate of drug-likeness (QED) is 0.647. The van der Waals surface area contributed by atoms with Crippen molar-refractivity contribution in [3.63, 3.8) is 0 Å². The van der Waals surface area contributed by atoms with Crippen LogP contribution in [0.1, 0.15) is 11.4 Å². The zero-order valence-corrected chi connectivity index (χ0v) is 12.4. The van der Waals surface area contributed by atoms with E-state index >= 15 is 0 Å². The highest BCUT2D eigenvalue weighted by Gasteiger charge is 2.11. The summed E-state index contributed by atoms with van der Waals surface area (Å²) >= 11 is 6.76. The molecule has 19 heavy (non-hydrogen) atoms. The van der Waals surface area contributed by atoms with Gasteiger partial charge >= 0.3 is 0 Å². The molecule has 0 fully saturated rings. The second kappa shape index (κ2) is 6.03. The first-order valence-corrected chi connectivity index (χ1v) is 7.30. The molecule has 1 heterocycles. The fourth-order valence-electron chi connectivity index (χ4n) is 1.74. The first kappa shape index (κ1) is 13.8. The number of benzene rings is 1. The molecule has 1 aromatic carbocycles. The van der Waals surface area contributed by atoms with Crippen molar-refractivity contribution in [1.29, 1.82) is 0 Å². The van der Waals surface area contributed by atoms with E-state index in [1.54, 1.807) is 18.1 Å². The van der Waals surface area contributed by atoms with Gasteiger partial charge in [0.25, 0.3) is 0 Å².